The highest BCUT2D eigenvalue weighted by molar-refractivity contribution is 5.82. The first-order valence-corrected chi connectivity index (χ1v) is 11.9. The number of nitrogens with zero attached hydrogens (tertiary/aromatic N) is 2. The van der Waals surface area contributed by atoms with Crippen molar-refractivity contribution in [2.24, 2.45) is 11.3 Å². The van der Waals surface area contributed by atoms with Gasteiger partial charge >= 0.3 is 0 Å². The lowest BCUT2D eigenvalue weighted by molar-refractivity contribution is -0.123. The van der Waals surface area contributed by atoms with Crippen LogP contribution in [0.2, 0.25) is 0 Å². The van der Waals surface area contributed by atoms with E-state index >= 15 is 0 Å². The Balaban J connectivity index is 1.10. The van der Waals surface area contributed by atoms with Gasteiger partial charge in [-0.15, -0.1) is 0 Å². The number of ether oxygens (including phenoxy) is 1. The summed E-state index contributed by atoms with van der Waals surface area (Å²) in [6.07, 6.45) is 5.95. The van der Waals surface area contributed by atoms with Crippen molar-refractivity contribution in [1.82, 2.24) is 20.4 Å². The second-order valence-electron chi connectivity index (χ2n) is 9.38. The number of para-hydroxylation sites is 1. The van der Waals surface area contributed by atoms with Crippen molar-refractivity contribution in [1.29, 1.82) is 0 Å². The van der Waals surface area contributed by atoms with Crippen LogP contribution in [0.15, 0.2) is 60.8 Å². The van der Waals surface area contributed by atoms with E-state index < -0.39 is 0 Å². The van der Waals surface area contributed by atoms with E-state index in [1.165, 1.54) is 11.1 Å². The van der Waals surface area contributed by atoms with Crippen molar-refractivity contribution >= 4 is 5.91 Å². The number of benzene rings is 2. The van der Waals surface area contributed by atoms with Gasteiger partial charge in [-0.3, -0.25) is 14.8 Å². The van der Waals surface area contributed by atoms with Crippen molar-refractivity contribution in [3.8, 4) is 17.0 Å². The van der Waals surface area contributed by atoms with Crippen LogP contribution in [0.4, 0.5) is 0 Å². The number of H-pyrrole nitrogens is 1. The quantitative estimate of drug-likeness (QED) is 0.550. The topological polar surface area (TPSA) is 70.2 Å². The first-order valence-electron chi connectivity index (χ1n) is 11.9. The summed E-state index contributed by atoms with van der Waals surface area (Å²) in [5.41, 5.74) is 4.86. The zero-order valence-corrected chi connectivity index (χ0v) is 19.2. The number of hydrogen-bond acceptors (Lipinski definition) is 4. The van der Waals surface area contributed by atoms with Crippen molar-refractivity contribution in [2.75, 3.05) is 26.7 Å². The van der Waals surface area contributed by atoms with Crippen LogP contribution in [0.3, 0.4) is 0 Å². The normalized spacial score (nSPS) is 19.4. The molecule has 6 nitrogen and oxygen atoms in total. The molecule has 2 fully saturated rings. The third kappa shape index (κ3) is 4.67. The molecule has 2 aromatic carbocycles. The Labute approximate surface area is 195 Å². The third-order valence-electron chi connectivity index (χ3n) is 7.42. The first-order chi connectivity index (χ1) is 16.2. The summed E-state index contributed by atoms with van der Waals surface area (Å²) >= 11 is 0. The molecule has 33 heavy (non-hydrogen) atoms. The molecule has 1 saturated heterocycles. The SMILES string of the molecule is COc1ccccc1CCNC(=O)[C@H]1CC12CCN(Cc1cn[nH]c1-c1ccccc1)CC2. The summed E-state index contributed by atoms with van der Waals surface area (Å²) in [6, 6.07) is 18.4. The molecule has 1 aliphatic carbocycles. The summed E-state index contributed by atoms with van der Waals surface area (Å²) in [5, 5.41) is 10.6. The number of amides is 1. The number of hydrogen-bond donors (Lipinski definition) is 2. The summed E-state index contributed by atoms with van der Waals surface area (Å²) < 4.78 is 5.41. The van der Waals surface area contributed by atoms with Gasteiger partial charge in [-0.25, -0.2) is 0 Å². The molecule has 6 heteroatoms. The number of rotatable bonds is 8. The van der Waals surface area contributed by atoms with E-state index in [-0.39, 0.29) is 17.2 Å². The smallest absolute Gasteiger partial charge is 0.223 e. The number of aromatic amines is 1. The molecule has 1 spiro atoms. The molecule has 5 rings (SSSR count). The molecule has 0 radical (unpaired) electrons. The van der Waals surface area contributed by atoms with Crippen molar-refractivity contribution in [3.05, 3.63) is 71.9 Å². The van der Waals surface area contributed by atoms with Crippen molar-refractivity contribution in [2.45, 2.75) is 32.2 Å². The highest BCUT2D eigenvalue weighted by Gasteiger charge is 2.58. The van der Waals surface area contributed by atoms with Gasteiger partial charge in [0, 0.05) is 24.6 Å². The van der Waals surface area contributed by atoms with Crippen LogP contribution in [0.1, 0.15) is 30.4 Å². The lowest BCUT2D eigenvalue weighted by Gasteiger charge is -2.32. The van der Waals surface area contributed by atoms with E-state index in [1.54, 1.807) is 7.11 Å². The van der Waals surface area contributed by atoms with Gasteiger partial charge in [-0.1, -0.05) is 48.5 Å². The van der Waals surface area contributed by atoms with Gasteiger partial charge in [0.1, 0.15) is 5.75 Å². The predicted molar refractivity (Wildman–Crippen MR) is 129 cm³/mol. The van der Waals surface area contributed by atoms with Gasteiger partial charge < -0.3 is 10.1 Å². The van der Waals surface area contributed by atoms with Crippen LogP contribution in [0.5, 0.6) is 5.75 Å². The highest BCUT2D eigenvalue weighted by Crippen LogP contribution is 2.59. The van der Waals surface area contributed by atoms with Gasteiger partial charge in [-0.2, -0.15) is 5.10 Å². The Morgan fingerprint density at radius 1 is 1.12 bits per heavy atom. The van der Waals surface area contributed by atoms with Crippen LogP contribution in [-0.4, -0.2) is 47.7 Å². The van der Waals surface area contributed by atoms with Gasteiger partial charge in [-0.05, 0) is 61.4 Å². The van der Waals surface area contributed by atoms with Gasteiger partial charge in [0.15, 0.2) is 0 Å². The average Bonchev–Trinajstić information content (AvgIpc) is 3.36. The third-order valence-corrected chi connectivity index (χ3v) is 7.42. The average molecular weight is 445 g/mol. The lowest BCUT2D eigenvalue weighted by atomic mass is 9.90. The molecule has 1 saturated carbocycles. The fraction of sp³-hybridized carbons (Fsp3) is 0.407. The number of carbonyl (C=O) groups is 1. The fourth-order valence-electron chi connectivity index (χ4n) is 5.31. The number of piperidine rings is 1. The van der Waals surface area contributed by atoms with E-state index in [0.717, 1.165) is 62.3 Å². The number of aromatic nitrogens is 2. The molecule has 0 bridgehead atoms. The molecule has 3 aromatic rings. The van der Waals surface area contributed by atoms with Crippen molar-refractivity contribution < 1.29 is 9.53 Å². The molecule has 172 valence electrons. The predicted octanol–water partition coefficient (Wildman–Crippen LogP) is 4.05. The minimum atomic E-state index is 0.172. The number of carbonyl (C=O) groups excluding carboxylic acids is 1. The van der Waals surface area contributed by atoms with Gasteiger partial charge in [0.25, 0.3) is 0 Å². The van der Waals surface area contributed by atoms with E-state index in [0.29, 0.717) is 6.54 Å². The molecule has 2 heterocycles. The maximum atomic E-state index is 12.8. The molecular formula is C27H32N4O2. The minimum absolute atomic E-state index is 0.172. The van der Waals surface area contributed by atoms with Gasteiger partial charge in [0.05, 0.1) is 19.0 Å². The largest absolute Gasteiger partial charge is 0.496 e. The Morgan fingerprint density at radius 3 is 2.67 bits per heavy atom. The van der Waals surface area contributed by atoms with Crippen molar-refractivity contribution in [3.63, 3.8) is 0 Å². The monoisotopic (exact) mass is 444 g/mol. The Morgan fingerprint density at radius 2 is 1.88 bits per heavy atom. The van der Waals surface area contributed by atoms with Crippen LogP contribution in [0, 0.1) is 11.3 Å². The summed E-state index contributed by atoms with van der Waals surface area (Å²) in [6.45, 7) is 3.61. The number of methoxy groups -OCH3 is 1. The van der Waals surface area contributed by atoms with Gasteiger partial charge in [0.2, 0.25) is 5.91 Å². The van der Waals surface area contributed by atoms with Crippen LogP contribution < -0.4 is 10.1 Å². The van der Waals surface area contributed by atoms with Crippen LogP contribution in [0.25, 0.3) is 11.3 Å². The molecule has 1 amide bonds. The summed E-state index contributed by atoms with van der Waals surface area (Å²) in [5.74, 6) is 1.28. The van der Waals surface area contributed by atoms with Crippen LogP contribution in [-0.2, 0) is 17.8 Å². The molecule has 2 aliphatic rings. The zero-order valence-electron chi connectivity index (χ0n) is 19.2. The number of likely N-dealkylation sites (tertiary alicyclic amines) is 1. The minimum Gasteiger partial charge on any atom is -0.496 e. The molecule has 1 atom stereocenters. The van der Waals surface area contributed by atoms with E-state index in [2.05, 4.69) is 50.7 Å². The molecule has 0 unspecified atom stereocenters. The molecular weight excluding hydrogens is 412 g/mol. The van der Waals surface area contributed by atoms with Crippen LogP contribution >= 0.6 is 0 Å². The molecule has 1 aliphatic heterocycles. The second-order valence-corrected chi connectivity index (χ2v) is 9.38. The Bertz CT molecular complexity index is 1090. The maximum Gasteiger partial charge on any atom is 0.223 e. The number of nitrogens with one attached hydrogen (secondary N) is 2. The summed E-state index contributed by atoms with van der Waals surface area (Å²) in [7, 11) is 1.69. The highest BCUT2D eigenvalue weighted by atomic mass is 16.5. The lowest BCUT2D eigenvalue weighted by Crippen LogP contribution is -2.37. The first kappa shape index (κ1) is 21.7. The zero-order chi connectivity index (χ0) is 22.7. The summed E-state index contributed by atoms with van der Waals surface area (Å²) in [4.78, 5) is 15.3. The van der Waals surface area contributed by atoms with E-state index in [9.17, 15) is 4.79 Å². The molecule has 1 aromatic heterocycles. The Hall–Kier alpha value is -3.12. The second kappa shape index (κ2) is 9.40. The Kier molecular flexibility index (Phi) is 6.18. The molecule has 2 N–H and O–H groups in total. The fourth-order valence-corrected chi connectivity index (χ4v) is 5.31. The maximum absolute atomic E-state index is 12.8. The van der Waals surface area contributed by atoms with E-state index in [1.807, 2.05) is 30.5 Å². The van der Waals surface area contributed by atoms with E-state index in [4.69, 9.17) is 4.74 Å². The standard InChI is InChI=1S/C27H32N4O2/c1-33-24-10-6-5-7-20(24)11-14-28-26(32)23-17-27(23)12-15-31(16-13-27)19-22-18-29-30-25(22)21-8-3-2-4-9-21/h2-10,18,23H,11-17,19H2,1H3,(H,28,32)(H,29,30)/t23-/m1/s1.